The number of likely N-dealkylation sites (tertiary alicyclic amines) is 1. The summed E-state index contributed by atoms with van der Waals surface area (Å²) in [5.74, 6) is 2.30. The standard InChI is InChI=1S/C46H64N2O6Si/c1-33-11-16-37(17-12-33)53-39(35-9-6-5-7-10-35)20-26-47(32-52-29-30-55(2,3)4)25-8-21-44(50)22-23-46(51)40-31-36-15-18-38(49)42-41(36)45(46,43(44)54-42)24-28-48(40)27-19-34-13-14-34/h5-7,9-12,15-18,34,39-40,43,49-51H,8,13-14,19-32H2,1-4H3/t39?,40-,43+,44+,45+,46-/m1/s1. The molecule has 2 heterocycles. The van der Waals surface area contributed by atoms with Gasteiger partial charge in [0.25, 0.3) is 0 Å². The summed E-state index contributed by atoms with van der Waals surface area (Å²) in [5, 5.41) is 36.9. The zero-order valence-corrected chi connectivity index (χ0v) is 34.6. The van der Waals surface area contributed by atoms with Crippen molar-refractivity contribution in [1.82, 2.24) is 9.80 Å². The highest BCUT2D eigenvalue weighted by molar-refractivity contribution is 6.76. The molecule has 2 bridgehead atoms. The van der Waals surface area contributed by atoms with E-state index in [1.807, 2.05) is 24.3 Å². The van der Waals surface area contributed by atoms with E-state index in [0.717, 1.165) is 92.9 Å². The van der Waals surface area contributed by atoms with Gasteiger partial charge in [0.15, 0.2) is 11.5 Å². The van der Waals surface area contributed by atoms with Crippen molar-refractivity contribution >= 4 is 8.07 Å². The lowest BCUT2D eigenvalue weighted by atomic mass is 9.46. The van der Waals surface area contributed by atoms with Crippen molar-refractivity contribution in [3.05, 3.63) is 89.0 Å². The summed E-state index contributed by atoms with van der Waals surface area (Å²) < 4.78 is 19.7. The Labute approximate surface area is 329 Å². The molecule has 1 saturated heterocycles. The van der Waals surface area contributed by atoms with Crippen LogP contribution in [0.25, 0.3) is 0 Å². The SMILES string of the molecule is Cc1ccc(OC(CCN(CCC[C@]2(O)CC[C@@]3(O)[C@H]4Cc5ccc(O)c6c5[C@@]3(CCN4CCC3CC3)[C@H]2O6)COCC[Si](C)(C)C)c2ccccc2)cc1. The summed E-state index contributed by atoms with van der Waals surface area (Å²) in [6.45, 7) is 13.9. The molecular weight excluding hydrogens is 705 g/mol. The van der Waals surface area contributed by atoms with E-state index < -0.39 is 30.8 Å². The van der Waals surface area contributed by atoms with Gasteiger partial charge < -0.3 is 29.5 Å². The maximum Gasteiger partial charge on any atom is 0.165 e. The molecule has 0 amide bonds. The summed E-state index contributed by atoms with van der Waals surface area (Å²) >= 11 is 0. The Bertz CT molecular complexity index is 1780. The molecule has 8 nitrogen and oxygen atoms in total. The number of rotatable bonds is 18. The Morgan fingerprint density at radius 2 is 1.75 bits per heavy atom. The lowest BCUT2D eigenvalue weighted by Gasteiger charge is -2.65. The molecule has 3 aromatic carbocycles. The molecule has 2 aliphatic heterocycles. The van der Waals surface area contributed by atoms with Gasteiger partial charge in [-0.1, -0.05) is 86.6 Å². The first-order valence-corrected chi connectivity index (χ1v) is 24.9. The fraction of sp³-hybridized carbons (Fsp3) is 0.609. The molecule has 3 aliphatic carbocycles. The second kappa shape index (κ2) is 15.4. The minimum absolute atomic E-state index is 0.0119. The predicted molar refractivity (Wildman–Crippen MR) is 220 cm³/mol. The van der Waals surface area contributed by atoms with Gasteiger partial charge in [-0.2, -0.15) is 0 Å². The Hall–Kier alpha value is -2.92. The van der Waals surface area contributed by atoms with Gasteiger partial charge in [-0.05, 0) is 106 Å². The number of benzene rings is 3. The first-order chi connectivity index (χ1) is 26.4. The maximum atomic E-state index is 13.0. The molecule has 55 heavy (non-hydrogen) atoms. The van der Waals surface area contributed by atoms with Gasteiger partial charge in [-0.3, -0.25) is 9.80 Å². The molecule has 1 spiro atoms. The molecule has 298 valence electrons. The average molecular weight is 769 g/mol. The molecule has 5 aliphatic rings. The molecular formula is C46H64N2O6Si. The molecule has 0 radical (unpaired) electrons. The summed E-state index contributed by atoms with van der Waals surface area (Å²) in [6.07, 6.45) is 7.69. The van der Waals surface area contributed by atoms with E-state index in [4.69, 9.17) is 14.2 Å². The predicted octanol–water partition coefficient (Wildman–Crippen LogP) is 7.99. The molecule has 3 N–H and O–H groups in total. The van der Waals surface area contributed by atoms with Gasteiger partial charge in [0.05, 0.1) is 17.7 Å². The van der Waals surface area contributed by atoms with Crippen LogP contribution in [0.5, 0.6) is 17.2 Å². The molecule has 8 rings (SSSR count). The topological polar surface area (TPSA) is 94.9 Å². The average Bonchev–Trinajstić information content (AvgIpc) is 3.92. The van der Waals surface area contributed by atoms with Gasteiger partial charge >= 0.3 is 0 Å². The lowest BCUT2D eigenvalue weighted by molar-refractivity contribution is -0.237. The van der Waals surface area contributed by atoms with Gasteiger partial charge in [0.1, 0.15) is 23.6 Å². The van der Waals surface area contributed by atoms with E-state index in [1.54, 1.807) is 6.07 Å². The van der Waals surface area contributed by atoms with Crippen LogP contribution in [-0.4, -0.2) is 96.1 Å². The van der Waals surface area contributed by atoms with Crippen LogP contribution >= 0.6 is 0 Å². The summed E-state index contributed by atoms with van der Waals surface area (Å²) in [5.41, 5.74) is 1.59. The van der Waals surface area contributed by atoms with E-state index in [9.17, 15) is 15.3 Å². The van der Waals surface area contributed by atoms with Crippen molar-refractivity contribution < 1.29 is 29.5 Å². The smallest absolute Gasteiger partial charge is 0.165 e. The molecule has 9 heteroatoms. The number of aromatic hydroxyl groups is 1. The van der Waals surface area contributed by atoms with Gasteiger partial charge in [0.2, 0.25) is 0 Å². The minimum atomic E-state index is -1.24. The number of hydrogen-bond donors (Lipinski definition) is 3. The molecule has 3 aromatic rings. The number of phenolic OH excluding ortho intramolecular Hbond substituents is 1. The molecule has 1 unspecified atom stereocenters. The van der Waals surface area contributed by atoms with Gasteiger partial charge in [0, 0.05) is 45.8 Å². The first-order valence-electron chi connectivity index (χ1n) is 21.2. The molecule has 2 saturated carbocycles. The summed E-state index contributed by atoms with van der Waals surface area (Å²) in [6, 6.07) is 23.6. The van der Waals surface area contributed by atoms with E-state index in [-0.39, 0.29) is 17.9 Å². The van der Waals surface area contributed by atoms with Crippen LogP contribution in [0.4, 0.5) is 0 Å². The van der Waals surface area contributed by atoms with Crippen LogP contribution in [0.2, 0.25) is 25.7 Å². The second-order valence-corrected chi connectivity index (χ2v) is 24.5. The number of aliphatic hydroxyl groups is 2. The number of piperidine rings is 1. The second-order valence-electron chi connectivity index (χ2n) is 18.9. The monoisotopic (exact) mass is 768 g/mol. The Morgan fingerprint density at radius 1 is 0.964 bits per heavy atom. The van der Waals surface area contributed by atoms with Gasteiger partial charge in [-0.15, -0.1) is 0 Å². The van der Waals surface area contributed by atoms with Crippen LogP contribution in [0, 0.1) is 12.8 Å². The number of aryl methyl sites for hydroxylation is 1. The number of ether oxygens (including phenoxy) is 3. The van der Waals surface area contributed by atoms with Crippen LogP contribution < -0.4 is 9.47 Å². The normalized spacial score (nSPS) is 28.9. The van der Waals surface area contributed by atoms with Crippen LogP contribution in [0.3, 0.4) is 0 Å². The van der Waals surface area contributed by atoms with Crippen molar-refractivity contribution in [2.24, 2.45) is 5.92 Å². The van der Waals surface area contributed by atoms with Gasteiger partial charge in [-0.25, -0.2) is 0 Å². The van der Waals surface area contributed by atoms with E-state index >= 15 is 0 Å². The van der Waals surface area contributed by atoms with Crippen molar-refractivity contribution in [3.8, 4) is 17.2 Å². The van der Waals surface area contributed by atoms with E-state index in [1.165, 1.54) is 24.8 Å². The fourth-order valence-electron chi connectivity index (χ4n) is 10.5. The van der Waals surface area contributed by atoms with Crippen molar-refractivity contribution in [1.29, 1.82) is 0 Å². The minimum Gasteiger partial charge on any atom is -0.504 e. The number of hydrogen-bond acceptors (Lipinski definition) is 8. The highest BCUT2D eigenvalue weighted by atomic mass is 28.3. The van der Waals surface area contributed by atoms with Crippen LogP contribution in [0.1, 0.15) is 86.1 Å². The van der Waals surface area contributed by atoms with E-state index in [0.29, 0.717) is 31.7 Å². The Kier molecular flexibility index (Phi) is 10.9. The first kappa shape index (κ1) is 38.9. The third kappa shape index (κ3) is 7.74. The van der Waals surface area contributed by atoms with Crippen LogP contribution in [-0.2, 0) is 16.6 Å². The highest BCUT2D eigenvalue weighted by Gasteiger charge is 2.75. The van der Waals surface area contributed by atoms with Crippen molar-refractivity contribution in [3.63, 3.8) is 0 Å². The number of nitrogens with zero attached hydrogens (tertiary/aromatic N) is 2. The summed E-state index contributed by atoms with van der Waals surface area (Å²) in [4.78, 5) is 4.92. The lowest BCUT2D eigenvalue weighted by Crippen LogP contribution is -2.79. The Morgan fingerprint density at radius 3 is 2.49 bits per heavy atom. The van der Waals surface area contributed by atoms with Crippen molar-refractivity contribution in [2.45, 2.75) is 132 Å². The van der Waals surface area contributed by atoms with Crippen LogP contribution in [0.15, 0.2) is 66.7 Å². The van der Waals surface area contributed by atoms with E-state index in [2.05, 4.69) is 72.8 Å². The molecule has 0 aromatic heterocycles. The molecule has 6 atom stereocenters. The third-order valence-electron chi connectivity index (χ3n) is 13.8. The quantitative estimate of drug-likeness (QED) is 0.0682. The zero-order valence-electron chi connectivity index (χ0n) is 33.6. The largest absolute Gasteiger partial charge is 0.504 e. The van der Waals surface area contributed by atoms with Crippen molar-refractivity contribution in [2.75, 3.05) is 39.5 Å². The Balaban J connectivity index is 0.990. The third-order valence-corrected chi connectivity index (χ3v) is 15.5. The summed E-state index contributed by atoms with van der Waals surface area (Å²) in [7, 11) is -1.24. The highest BCUT2D eigenvalue weighted by Crippen LogP contribution is 2.67. The molecule has 3 fully saturated rings. The zero-order chi connectivity index (χ0) is 38.4. The number of phenols is 1. The maximum absolute atomic E-state index is 13.0. The fourth-order valence-corrected chi connectivity index (χ4v) is 11.2.